The Hall–Kier alpha value is -4.62. The third kappa shape index (κ3) is 28.3. The maximum atomic E-state index is 12.3. The minimum atomic E-state index is -0.152. The van der Waals surface area contributed by atoms with E-state index in [-0.39, 0.29) is 92.4 Å². The molecule has 0 aliphatic carbocycles. The van der Waals surface area contributed by atoms with Crippen molar-refractivity contribution in [1.29, 1.82) is 0 Å². The summed E-state index contributed by atoms with van der Waals surface area (Å²) in [5.74, 6) is 1.46. The molecule has 1 radical (unpaired) electrons. The average Bonchev–Trinajstić information content (AvgIpc) is 1.86. The monoisotopic (exact) mass is 1630 g/mol. The summed E-state index contributed by atoms with van der Waals surface area (Å²) in [6.07, 6.45) is 21.9. The van der Waals surface area contributed by atoms with E-state index in [1.54, 1.807) is 118 Å². The second-order valence-electron chi connectivity index (χ2n) is 19.1. The first-order valence-electron chi connectivity index (χ1n) is 28.3. The van der Waals surface area contributed by atoms with Crippen molar-refractivity contribution in [2.45, 2.75) is 53.4 Å². The molecular formula is C60H66Cl14MnN12O8+2. The molecule has 4 amide bonds. The van der Waals surface area contributed by atoms with E-state index in [4.69, 9.17) is 158 Å². The summed E-state index contributed by atoms with van der Waals surface area (Å²) in [5, 5.41) is 4.47. The van der Waals surface area contributed by atoms with E-state index in [1.165, 1.54) is 43.6 Å². The second kappa shape index (κ2) is 45.9. The van der Waals surface area contributed by atoms with Crippen molar-refractivity contribution in [3.8, 4) is 23.0 Å². The summed E-state index contributed by atoms with van der Waals surface area (Å²) in [4.78, 5) is 71.6. The van der Waals surface area contributed by atoms with Gasteiger partial charge in [0.1, 0.15) is 51.7 Å². The van der Waals surface area contributed by atoms with Crippen LogP contribution in [0, 0.1) is 0 Å². The van der Waals surface area contributed by atoms with Crippen molar-refractivity contribution in [2.24, 2.45) is 0 Å². The van der Waals surface area contributed by atoms with Crippen LogP contribution in [-0.2, 0) is 17.1 Å². The van der Waals surface area contributed by atoms with Gasteiger partial charge in [-0.05, 0) is 74.2 Å². The van der Waals surface area contributed by atoms with Gasteiger partial charge in [-0.15, -0.1) is 24.8 Å². The molecule has 0 spiro atoms. The van der Waals surface area contributed by atoms with Crippen molar-refractivity contribution in [3.63, 3.8) is 0 Å². The zero-order valence-electron chi connectivity index (χ0n) is 51.2. The molecule has 4 aromatic heterocycles. The molecule has 20 nitrogen and oxygen atoms in total. The number of halogens is 14. The molecule has 0 saturated carbocycles. The SMILES string of the molecule is CCCN(CCOc1c(Cl)cc(Cl)cc1Cl)C(=O)n1ccnc1.CCCN(CCOc1c(Cl)cc(Cl)cc1Cl)C(=O)n1ccnc1.CCCN(CCOc1c(Cl)cc(Cl)cc1Cl)C(=O)n1ccnc1.CCCN(CCOc1c(Cl)cc(Cl)cc1Cl)C(=O)n1ccnc1.Cl.Cl.[Mn+2]. The zero-order chi connectivity index (χ0) is 67.3. The standard InChI is InChI=1S/4C15H16Cl3N3O2.2ClH.Mn/c4*1-2-4-20(15(22)21-5-3-19-10-21)6-7-23-14-12(17)8-11(16)9-13(14)18;;;/h4*3,5,8-10H,2,4,6-7H2,1H3;2*1H;/q;;;;;;+2. The maximum absolute atomic E-state index is 12.3. The predicted molar refractivity (Wildman–Crippen MR) is 382 cm³/mol. The van der Waals surface area contributed by atoms with E-state index < -0.39 is 0 Å². The Morgan fingerprint density at radius 2 is 0.495 bits per heavy atom. The Morgan fingerprint density at radius 3 is 0.632 bits per heavy atom. The number of hydrogen-bond acceptors (Lipinski definition) is 12. The minimum absolute atomic E-state index is 0. The molecule has 0 bridgehead atoms. The van der Waals surface area contributed by atoms with E-state index in [2.05, 4.69) is 19.9 Å². The summed E-state index contributed by atoms with van der Waals surface area (Å²) in [7, 11) is 0. The number of imidazole rings is 4. The minimum Gasteiger partial charge on any atom is -0.489 e. The Bertz CT molecular complexity index is 3030. The molecule has 35 heteroatoms. The molecule has 0 atom stereocenters. The maximum Gasteiger partial charge on any atom is 2.00 e. The van der Waals surface area contributed by atoms with Gasteiger partial charge in [0.15, 0.2) is 23.0 Å². The molecule has 8 aromatic rings. The molecule has 0 N–H and O–H groups in total. The second-order valence-corrected chi connectivity index (χ2v) is 24.1. The third-order valence-corrected chi connectivity index (χ3v) is 15.4. The van der Waals surface area contributed by atoms with Gasteiger partial charge < -0.3 is 38.5 Å². The first-order chi connectivity index (χ1) is 44.1. The summed E-state index contributed by atoms with van der Waals surface area (Å²) in [5.41, 5.74) is 0. The van der Waals surface area contributed by atoms with Crippen molar-refractivity contribution >= 4 is 188 Å². The van der Waals surface area contributed by atoms with Crippen LogP contribution in [0.2, 0.25) is 60.3 Å². The number of carbonyl (C=O) groups is 4. The van der Waals surface area contributed by atoms with E-state index >= 15 is 0 Å². The van der Waals surface area contributed by atoms with Crippen LogP contribution in [0.3, 0.4) is 0 Å². The number of benzene rings is 4. The van der Waals surface area contributed by atoms with E-state index in [0.29, 0.717) is 136 Å². The van der Waals surface area contributed by atoms with Gasteiger partial charge in [-0.25, -0.2) is 39.1 Å². The molecule has 8 rings (SSSR count). The molecule has 517 valence electrons. The largest absolute Gasteiger partial charge is 2.00 e. The number of hydrogen-bond donors (Lipinski definition) is 0. The van der Waals surface area contributed by atoms with Crippen LogP contribution < -0.4 is 18.9 Å². The fourth-order valence-electron chi connectivity index (χ4n) is 8.13. The molecule has 0 aliphatic heterocycles. The van der Waals surface area contributed by atoms with Gasteiger partial charge in [-0.1, -0.05) is 167 Å². The molecule has 4 aromatic carbocycles. The number of nitrogens with zero attached hydrogens (tertiary/aromatic N) is 12. The summed E-state index contributed by atoms with van der Waals surface area (Å²) >= 11 is 72.0. The predicted octanol–water partition coefficient (Wildman–Crippen LogP) is 19.3. The van der Waals surface area contributed by atoms with Crippen molar-refractivity contribution in [2.75, 3.05) is 78.8 Å². The first kappa shape index (κ1) is 86.5. The van der Waals surface area contributed by atoms with E-state index in [9.17, 15) is 19.2 Å². The third-order valence-electron chi connectivity index (χ3n) is 12.2. The van der Waals surface area contributed by atoms with Crippen LogP contribution in [0.15, 0.2) is 123 Å². The van der Waals surface area contributed by atoms with Crippen LogP contribution in [-0.4, -0.2) is 161 Å². The molecule has 95 heavy (non-hydrogen) atoms. The quantitative estimate of drug-likeness (QED) is 0.0521. The van der Waals surface area contributed by atoms with Crippen LogP contribution in [0.4, 0.5) is 19.2 Å². The van der Waals surface area contributed by atoms with Crippen LogP contribution in [0.5, 0.6) is 23.0 Å². The normalized spacial score (nSPS) is 10.3. The first-order valence-corrected chi connectivity index (χ1v) is 32.8. The molecule has 0 fully saturated rings. The topological polar surface area (TPSA) is 189 Å². The molecule has 0 aliphatic rings. The van der Waals surface area contributed by atoms with Gasteiger partial charge in [0, 0.05) is 95.8 Å². The number of aromatic nitrogens is 8. The molecule has 0 saturated heterocycles. The van der Waals surface area contributed by atoms with Crippen LogP contribution in [0.1, 0.15) is 53.4 Å². The Morgan fingerprint density at radius 1 is 0.326 bits per heavy atom. The summed E-state index contributed by atoms with van der Waals surface area (Å²) < 4.78 is 28.2. The van der Waals surface area contributed by atoms with Crippen molar-refractivity contribution < 1.29 is 55.2 Å². The summed E-state index contributed by atoms with van der Waals surface area (Å²) in [6, 6.07) is 11.9. The van der Waals surface area contributed by atoms with Gasteiger partial charge in [-0.3, -0.25) is 18.3 Å². The molecular weight excluding hydrogens is 1570 g/mol. The average molecular weight is 1630 g/mol. The smallest absolute Gasteiger partial charge is 0.489 e. The van der Waals surface area contributed by atoms with Crippen LogP contribution >= 0.6 is 164 Å². The number of carbonyl (C=O) groups excluding carboxylic acids is 4. The van der Waals surface area contributed by atoms with Gasteiger partial charge >= 0.3 is 41.2 Å². The van der Waals surface area contributed by atoms with Gasteiger partial charge in [0.2, 0.25) is 0 Å². The number of ether oxygens (including phenoxy) is 4. The molecule has 0 unspecified atom stereocenters. The van der Waals surface area contributed by atoms with E-state index in [1.807, 2.05) is 27.7 Å². The van der Waals surface area contributed by atoms with Crippen molar-refractivity contribution in [3.05, 3.63) is 184 Å². The zero-order valence-corrected chi connectivity index (χ0v) is 63.1. The fourth-order valence-corrected chi connectivity index (χ4v) is 11.8. The molecule has 4 heterocycles. The fraction of sp³-hybridized carbons (Fsp3) is 0.333. The van der Waals surface area contributed by atoms with E-state index in [0.717, 1.165) is 25.7 Å². The Labute approximate surface area is 634 Å². The van der Waals surface area contributed by atoms with Crippen LogP contribution in [0.25, 0.3) is 0 Å². The van der Waals surface area contributed by atoms with Gasteiger partial charge in [0.05, 0.1) is 66.4 Å². The summed E-state index contributed by atoms with van der Waals surface area (Å²) in [6.45, 7) is 13.1. The number of amides is 4. The van der Waals surface area contributed by atoms with Crippen molar-refractivity contribution in [1.82, 2.24) is 57.8 Å². The van der Waals surface area contributed by atoms with Gasteiger partial charge in [-0.2, -0.15) is 0 Å². The van der Waals surface area contributed by atoms with Gasteiger partial charge in [0.25, 0.3) is 0 Å². The number of rotatable bonds is 24. The Kier molecular flexibility index (Phi) is 41.7. The Balaban J connectivity index is 0.000000427.